The summed E-state index contributed by atoms with van der Waals surface area (Å²) in [7, 11) is 0. The molecule has 0 aliphatic heterocycles. The van der Waals surface area contributed by atoms with Gasteiger partial charge in [0.15, 0.2) is 6.61 Å². The lowest BCUT2D eigenvalue weighted by atomic mass is 10.1. The average Bonchev–Trinajstić information content (AvgIpc) is 2.51. The van der Waals surface area contributed by atoms with E-state index in [1.807, 2.05) is 56.3 Å². The maximum Gasteiger partial charge on any atom is 0.349 e. The van der Waals surface area contributed by atoms with Crippen LogP contribution in [0.5, 0.6) is 11.5 Å². The number of hydrogen-bond acceptors (Lipinski definition) is 3. The van der Waals surface area contributed by atoms with E-state index in [0.29, 0.717) is 11.5 Å². The molecule has 2 rings (SSSR count). The maximum atomic E-state index is 11.9. The Balaban J connectivity index is 1.90. The maximum absolute atomic E-state index is 11.9. The van der Waals surface area contributed by atoms with Crippen LogP contribution in [0.1, 0.15) is 30.0 Å². The molecule has 0 atom stereocenters. The lowest BCUT2D eigenvalue weighted by Crippen LogP contribution is -2.18. The van der Waals surface area contributed by atoms with Gasteiger partial charge in [-0.25, -0.2) is 4.79 Å². The van der Waals surface area contributed by atoms with Crippen LogP contribution < -0.4 is 9.47 Å². The van der Waals surface area contributed by atoms with Crippen molar-refractivity contribution in [1.29, 1.82) is 0 Å². The predicted octanol–water partition coefficient (Wildman–Crippen LogP) is 4.24. The monoisotopic (exact) mass is 298 g/mol. The first-order valence-corrected chi connectivity index (χ1v) is 7.58. The number of rotatable bonds is 6. The van der Waals surface area contributed by atoms with Crippen molar-refractivity contribution in [2.24, 2.45) is 0 Å². The molecule has 2 aromatic carbocycles. The summed E-state index contributed by atoms with van der Waals surface area (Å²) in [5, 5.41) is 0. The van der Waals surface area contributed by atoms with Gasteiger partial charge in [0.2, 0.25) is 0 Å². The molecule has 0 heterocycles. The second kappa shape index (κ2) is 7.64. The molecule has 0 aliphatic carbocycles. The molecule has 22 heavy (non-hydrogen) atoms. The highest BCUT2D eigenvalue weighted by atomic mass is 16.6. The van der Waals surface area contributed by atoms with E-state index in [9.17, 15) is 4.79 Å². The first-order valence-electron chi connectivity index (χ1n) is 7.58. The minimum atomic E-state index is -0.393. The van der Waals surface area contributed by atoms with Crippen molar-refractivity contribution in [3.63, 3.8) is 0 Å². The Kier molecular flexibility index (Phi) is 5.59. The third-order valence-corrected chi connectivity index (χ3v) is 3.44. The zero-order chi connectivity index (χ0) is 15.9. The molecule has 0 aliphatic rings. The minimum absolute atomic E-state index is 0.0963. The van der Waals surface area contributed by atoms with E-state index in [1.54, 1.807) is 0 Å². The van der Waals surface area contributed by atoms with Gasteiger partial charge in [-0.3, -0.25) is 0 Å². The lowest BCUT2D eigenvalue weighted by Gasteiger charge is -2.11. The first kappa shape index (κ1) is 16.1. The molecule has 3 heteroatoms. The van der Waals surface area contributed by atoms with E-state index < -0.39 is 5.97 Å². The van der Waals surface area contributed by atoms with E-state index in [2.05, 4.69) is 6.92 Å². The highest BCUT2D eigenvalue weighted by Gasteiger charge is 2.10. The zero-order valence-corrected chi connectivity index (χ0v) is 13.4. The topological polar surface area (TPSA) is 35.5 Å². The average molecular weight is 298 g/mol. The molecule has 0 amide bonds. The van der Waals surface area contributed by atoms with Gasteiger partial charge in [0.25, 0.3) is 0 Å². The van der Waals surface area contributed by atoms with Crippen molar-refractivity contribution < 1.29 is 14.3 Å². The van der Waals surface area contributed by atoms with Crippen LogP contribution in [0.2, 0.25) is 0 Å². The second-order valence-corrected chi connectivity index (χ2v) is 5.38. The molecule has 0 unspecified atom stereocenters. The van der Waals surface area contributed by atoms with E-state index in [1.165, 1.54) is 5.56 Å². The molecule has 0 saturated carbocycles. The number of hydrogen-bond donors (Lipinski definition) is 0. The van der Waals surface area contributed by atoms with Crippen LogP contribution in [0.15, 0.2) is 42.5 Å². The lowest BCUT2D eigenvalue weighted by molar-refractivity contribution is -0.136. The van der Waals surface area contributed by atoms with E-state index >= 15 is 0 Å². The first-order chi connectivity index (χ1) is 10.6. The molecule has 0 aromatic heterocycles. The SMILES string of the molecule is CCCc1ccc(OCC(=O)Oc2c(C)cccc2C)cc1. The van der Waals surface area contributed by atoms with Crippen molar-refractivity contribution in [1.82, 2.24) is 0 Å². The zero-order valence-electron chi connectivity index (χ0n) is 13.4. The Labute approximate surface area is 131 Å². The fourth-order valence-electron chi connectivity index (χ4n) is 2.29. The number of ether oxygens (including phenoxy) is 2. The van der Waals surface area contributed by atoms with Crippen LogP contribution in [-0.4, -0.2) is 12.6 Å². The van der Waals surface area contributed by atoms with Crippen molar-refractivity contribution in [2.45, 2.75) is 33.6 Å². The van der Waals surface area contributed by atoms with E-state index in [0.717, 1.165) is 24.0 Å². The summed E-state index contributed by atoms with van der Waals surface area (Å²) in [6.45, 7) is 5.89. The summed E-state index contributed by atoms with van der Waals surface area (Å²) in [5.74, 6) is 0.905. The van der Waals surface area contributed by atoms with E-state index in [-0.39, 0.29) is 6.61 Å². The third-order valence-electron chi connectivity index (χ3n) is 3.44. The molecular formula is C19H22O3. The third kappa shape index (κ3) is 4.35. The Morgan fingerprint density at radius 1 is 1.00 bits per heavy atom. The van der Waals surface area contributed by atoms with Crippen molar-refractivity contribution in [2.75, 3.05) is 6.61 Å². The predicted molar refractivity (Wildman–Crippen MR) is 87.5 cm³/mol. The summed E-state index contributed by atoms with van der Waals surface area (Å²) in [6, 6.07) is 13.6. The van der Waals surface area contributed by atoms with Gasteiger partial charge in [-0.05, 0) is 49.1 Å². The highest BCUT2D eigenvalue weighted by molar-refractivity contribution is 5.74. The molecule has 0 spiro atoms. The van der Waals surface area contributed by atoms with Crippen LogP contribution >= 0.6 is 0 Å². The van der Waals surface area contributed by atoms with Gasteiger partial charge in [0.05, 0.1) is 0 Å². The molecule has 0 fully saturated rings. The summed E-state index contributed by atoms with van der Waals surface area (Å²) in [4.78, 5) is 11.9. The molecule has 3 nitrogen and oxygen atoms in total. The summed E-state index contributed by atoms with van der Waals surface area (Å²) in [5.41, 5.74) is 3.16. The number of esters is 1. The standard InChI is InChI=1S/C19H22O3/c1-4-6-16-9-11-17(12-10-16)21-13-18(20)22-19-14(2)7-5-8-15(19)3/h5,7-12H,4,6,13H2,1-3H3. The normalized spacial score (nSPS) is 10.3. The Hall–Kier alpha value is -2.29. The van der Waals surface area contributed by atoms with Crippen LogP contribution in [0, 0.1) is 13.8 Å². The quantitative estimate of drug-likeness (QED) is 0.591. The number of carbonyl (C=O) groups excluding carboxylic acids is 1. The number of para-hydroxylation sites is 1. The Bertz CT molecular complexity index is 609. The molecule has 0 bridgehead atoms. The summed E-state index contributed by atoms with van der Waals surface area (Å²) >= 11 is 0. The van der Waals surface area contributed by atoms with Gasteiger partial charge in [0.1, 0.15) is 11.5 Å². The summed E-state index contributed by atoms with van der Waals surface area (Å²) in [6.07, 6.45) is 2.16. The largest absolute Gasteiger partial charge is 0.482 e. The minimum Gasteiger partial charge on any atom is -0.482 e. The van der Waals surface area contributed by atoms with Crippen molar-refractivity contribution >= 4 is 5.97 Å². The molecule has 0 N–H and O–H groups in total. The van der Waals surface area contributed by atoms with Gasteiger partial charge in [-0.1, -0.05) is 43.7 Å². The number of aryl methyl sites for hydroxylation is 3. The molecule has 116 valence electrons. The molecular weight excluding hydrogens is 276 g/mol. The van der Waals surface area contributed by atoms with Crippen LogP contribution in [0.4, 0.5) is 0 Å². The van der Waals surface area contributed by atoms with Crippen LogP contribution in [-0.2, 0) is 11.2 Å². The van der Waals surface area contributed by atoms with Gasteiger partial charge >= 0.3 is 5.97 Å². The fraction of sp³-hybridized carbons (Fsp3) is 0.316. The smallest absolute Gasteiger partial charge is 0.349 e. The molecule has 0 saturated heterocycles. The van der Waals surface area contributed by atoms with Crippen molar-refractivity contribution in [3.05, 3.63) is 59.2 Å². The highest BCUT2D eigenvalue weighted by Crippen LogP contribution is 2.22. The van der Waals surface area contributed by atoms with Gasteiger partial charge in [0, 0.05) is 0 Å². The fourth-order valence-corrected chi connectivity index (χ4v) is 2.29. The molecule has 0 radical (unpaired) electrons. The number of benzene rings is 2. The van der Waals surface area contributed by atoms with Crippen molar-refractivity contribution in [3.8, 4) is 11.5 Å². The number of carbonyl (C=O) groups is 1. The van der Waals surface area contributed by atoms with E-state index in [4.69, 9.17) is 9.47 Å². The Morgan fingerprint density at radius 3 is 2.23 bits per heavy atom. The summed E-state index contributed by atoms with van der Waals surface area (Å²) < 4.78 is 10.9. The molecule has 2 aromatic rings. The van der Waals surface area contributed by atoms with Crippen LogP contribution in [0.3, 0.4) is 0 Å². The Morgan fingerprint density at radius 2 is 1.64 bits per heavy atom. The van der Waals surface area contributed by atoms with Gasteiger partial charge in [-0.2, -0.15) is 0 Å². The van der Waals surface area contributed by atoms with Gasteiger partial charge in [-0.15, -0.1) is 0 Å². The second-order valence-electron chi connectivity index (χ2n) is 5.38. The van der Waals surface area contributed by atoms with Gasteiger partial charge < -0.3 is 9.47 Å². The van der Waals surface area contributed by atoms with Crippen LogP contribution in [0.25, 0.3) is 0 Å².